The van der Waals surface area contributed by atoms with Crippen LogP contribution in [0.2, 0.25) is 0 Å². The number of rotatable bonds is 3. The third-order valence-electron chi connectivity index (χ3n) is 3.10. The molecular weight excluding hydrogens is 220 g/mol. The summed E-state index contributed by atoms with van der Waals surface area (Å²) in [6.07, 6.45) is 2.63. The molecule has 1 amide bonds. The summed E-state index contributed by atoms with van der Waals surface area (Å²) in [5.74, 6) is 0.149. The average molecular weight is 236 g/mol. The Hall–Kier alpha value is -1.62. The lowest BCUT2D eigenvalue weighted by Crippen LogP contribution is -2.32. The molecule has 2 unspecified atom stereocenters. The molecule has 1 aliphatic rings. The van der Waals surface area contributed by atoms with Gasteiger partial charge in [0.25, 0.3) is 5.91 Å². The third-order valence-corrected chi connectivity index (χ3v) is 3.10. The summed E-state index contributed by atoms with van der Waals surface area (Å²) in [7, 11) is 0. The van der Waals surface area contributed by atoms with Crippen molar-refractivity contribution in [1.29, 1.82) is 0 Å². The molecule has 2 atom stereocenters. The number of carbonyl (C=O) groups is 1. The van der Waals surface area contributed by atoms with Gasteiger partial charge in [0.05, 0.1) is 6.10 Å². The number of ether oxygens (including phenoxy) is 1. The lowest BCUT2D eigenvalue weighted by molar-refractivity contribution is 0.0907. The van der Waals surface area contributed by atoms with Gasteiger partial charge in [-0.15, -0.1) is 0 Å². The van der Waals surface area contributed by atoms with E-state index in [1.165, 1.54) is 12.3 Å². The van der Waals surface area contributed by atoms with Crippen LogP contribution in [0, 0.1) is 5.92 Å². The number of H-pyrrole nitrogens is 1. The summed E-state index contributed by atoms with van der Waals surface area (Å²) < 4.78 is 5.42. The molecule has 2 heterocycles. The number of hydrogen-bond acceptors (Lipinski definition) is 3. The lowest BCUT2D eigenvalue weighted by Gasteiger charge is -2.14. The van der Waals surface area contributed by atoms with Crippen LogP contribution in [0.4, 0.5) is 0 Å². The zero-order valence-electron chi connectivity index (χ0n) is 9.73. The standard InChI is InChI=1S/C12H16N2O3/c1-8-10(3-5-17-8)7-14-12(16)9-2-4-13-11(15)6-9/h2,4,6,8,10H,3,5,7H2,1H3,(H,13,15)(H,14,16). The first-order chi connectivity index (χ1) is 8.16. The lowest BCUT2D eigenvalue weighted by atomic mass is 10.0. The largest absolute Gasteiger partial charge is 0.378 e. The molecule has 1 fully saturated rings. The normalized spacial score (nSPS) is 23.6. The Morgan fingerprint density at radius 3 is 3.12 bits per heavy atom. The van der Waals surface area contributed by atoms with Gasteiger partial charge in [0.15, 0.2) is 0 Å². The number of nitrogens with one attached hydrogen (secondary N) is 2. The van der Waals surface area contributed by atoms with Crippen molar-refractivity contribution in [3.63, 3.8) is 0 Å². The molecule has 5 nitrogen and oxygen atoms in total. The highest BCUT2D eigenvalue weighted by Gasteiger charge is 2.24. The van der Waals surface area contributed by atoms with Crippen LogP contribution in [0.15, 0.2) is 23.1 Å². The van der Waals surface area contributed by atoms with E-state index in [0.29, 0.717) is 18.0 Å². The average Bonchev–Trinajstić information content (AvgIpc) is 2.72. The Morgan fingerprint density at radius 1 is 1.65 bits per heavy atom. The highest BCUT2D eigenvalue weighted by atomic mass is 16.5. The summed E-state index contributed by atoms with van der Waals surface area (Å²) in [5, 5.41) is 2.83. The number of amides is 1. The second kappa shape index (κ2) is 5.14. The van der Waals surface area contributed by atoms with Crippen molar-refractivity contribution in [1.82, 2.24) is 10.3 Å². The second-order valence-electron chi connectivity index (χ2n) is 4.28. The molecule has 1 saturated heterocycles. The topological polar surface area (TPSA) is 71.2 Å². The van der Waals surface area contributed by atoms with E-state index < -0.39 is 0 Å². The summed E-state index contributed by atoms with van der Waals surface area (Å²) in [5.41, 5.74) is 0.121. The van der Waals surface area contributed by atoms with Crippen molar-refractivity contribution in [3.8, 4) is 0 Å². The highest BCUT2D eigenvalue weighted by molar-refractivity contribution is 5.93. The van der Waals surface area contributed by atoms with Gasteiger partial charge in [-0.3, -0.25) is 9.59 Å². The zero-order valence-corrected chi connectivity index (χ0v) is 9.73. The van der Waals surface area contributed by atoms with E-state index >= 15 is 0 Å². The van der Waals surface area contributed by atoms with Crippen molar-refractivity contribution in [2.45, 2.75) is 19.4 Å². The van der Waals surface area contributed by atoms with Gasteiger partial charge in [-0.05, 0) is 19.4 Å². The molecule has 17 heavy (non-hydrogen) atoms. The third kappa shape index (κ3) is 2.94. The van der Waals surface area contributed by atoms with Crippen LogP contribution >= 0.6 is 0 Å². The van der Waals surface area contributed by atoms with E-state index in [4.69, 9.17) is 4.74 Å². The van der Waals surface area contributed by atoms with Crippen LogP contribution < -0.4 is 10.9 Å². The Balaban J connectivity index is 1.91. The number of aromatic nitrogens is 1. The minimum atomic E-state index is -0.268. The van der Waals surface area contributed by atoms with Crippen LogP contribution in [0.1, 0.15) is 23.7 Å². The minimum absolute atomic E-state index is 0.189. The number of carbonyl (C=O) groups excluding carboxylic acids is 1. The molecule has 0 bridgehead atoms. The monoisotopic (exact) mass is 236 g/mol. The van der Waals surface area contributed by atoms with Gasteiger partial charge in [-0.2, -0.15) is 0 Å². The fourth-order valence-corrected chi connectivity index (χ4v) is 1.96. The molecule has 0 spiro atoms. The van der Waals surface area contributed by atoms with Gasteiger partial charge in [-0.1, -0.05) is 0 Å². The van der Waals surface area contributed by atoms with Gasteiger partial charge in [0, 0.05) is 36.9 Å². The maximum atomic E-state index is 11.8. The molecule has 2 rings (SSSR count). The van der Waals surface area contributed by atoms with Gasteiger partial charge >= 0.3 is 0 Å². The SMILES string of the molecule is CC1OCCC1CNC(=O)c1cc[nH]c(=O)c1. The molecule has 92 valence electrons. The van der Waals surface area contributed by atoms with Crippen molar-refractivity contribution in [2.75, 3.05) is 13.2 Å². The zero-order chi connectivity index (χ0) is 12.3. The predicted octanol–water partition coefficient (Wildman–Crippen LogP) is 0.530. The second-order valence-corrected chi connectivity index (χ2v) is 4.28. The van der Waals surface area contributed by atoms with Crippen molar-refractivity contribution < 1.29 is 9.53 Å². The fourth-order valence-electron chi connectivity index (χ4n) is 1.96. The van der Waals surface area contributed by atoms with Crippen LogP contribution in [0.5, 0.6) is 0 Å². The van der Waals surface area contributed by atoms with Crippen molar-refractivity contribution in [2.24, 2.45) is 5.92 Å². The van der Waals surface area contributed by atoms with Crippen LogP contribution in [0.25, 0.3) is 0 Å². The van der Waals surface area contributed by atoms with Gasteiger partial charge in [-0.25, -0.2) is 0 Å². The first-order valence-corrected chi connectivity index (χ1v) is 5.75. The van der Waals surface area contributed by atoms with Gasteiger partial charge < -0.3 is 15.0 Å². The van der Waals surface area contributed by atoms with E-state index in [1.54, 1.807) is 6.07 Å². The Kier molecular flexibility index (Phi) is 3.58. The summed E-state index contributed by atoms with van der Waals surface area (Å²) in [6.45, 7) is 3.36. The van der Waals surface area contributed by atoms with E-state index in [2.05, 4.69) is 10.3 Å². The summed E-state index contributed by atoms with van der Waals surface area (Å²) >= 11 is 0. The Morgan fingerprint density at radius 2 is 2.47 bits per heavy atom. The van der Waals surface area contributed by atoms with Crippen molar-refractivity contribution >= 4 is 5.91 Å². The van der Waals surface area contributed by atoms with Crippen LogP contribution in [-0.2, 0) is 4.74 Å². The number of aromatic amines is 1. The molecule has 0 aliphatic carbocycles. The first kappa shape index (κ1) is 11.9. The maximum absolute atomic E-state index is 11.8. The van der Waals surface area contributed by atoms with Crippen LogP contribution in [0.3, 0.4) is 0 Å². The highest BCUT2D eigenvalue weighted by Crippen LogP contribution is 2.19. The van der Waals surface area contributed by atoms with Gasteiger partial charge in [0.2, 0.25) is 5.56 Å². The van der Waals surface area contributed by atoms with Crippen molar-refractivity contribution in [3.05, 3.63) is 34.2 Å². The number of hydrogen-bond donors (Lipinski definition) is 2. The molecule has 2 N–H and O–H groups in total. The summed E-state index contributed by atoms with van der Waals surface area (Å²) in [4.78, 5) is 25.3. The molecule has 1 aromatic rings. The smallest absolute Gasteiger partial charge is 0.251 e. The molecule has 0 radical (unpaired) electrons. The number of pyridine rings is 1. The van der Waals surface area contributed by atoms with Gasteiger partial charge in [0.1, 0.15) is 0 Å². The molecule has 5 heteroatoms. The molecule has 1 aromatic heterocycles. The summed E-state index contributed by atoms with van der Waals surface area (Å²) in [6, 6.07) is 2.88. The predicted molar refractivity (Wildman–Crippen MR) is 62.9 cm³/mol. The van der Waals surface area contributed by atoms with Crippen LogP contribution in [-0.4, -0.2) is 30.1 Å². The Labute approximate surface area is 99.2 Å². The minimum Gasteiger partial charge on any atom is -0.378 e. The molecule has 1 aliphatic heterocycles. The van der Waals surface area contributed by atoms with E-state index in [9.17, 15) is 9.59 Å². The quantitative estimate of drug-likeness (QED) is 0.804. The maximum Gasteiger partial charge on any atom is 0.251 e. The van der Waals surface area contributed by atoms with E-state index in [-0.39, 0.29) is 17.6 Å². The fraction of sp³-hybridized carbons (Fsp3) is 0.500. The van der Waals surface area contributed by atoms with E-state index in [0.717, 1.165) is 13.0 Å². The van der Waals surface area contributed by atoms with E-state index in [1.807, 2.05) is 6.92 Å². The molecule has 0 aromatic carbocycles. The molecular formula is C12H16N2O3. The first-order valence-electron chi connectivity index (χ1n) is 5.75. The molecule has 0 saturated carbocycles. The Bertz CT molecular complexity index is 455.